The molecule has 1 aromatic heterocycles. The molecular weight excluding hydrogens is 328 g/mol. The summed E-state index contributed by atoms with van der Waals surface area (Å²) in [4.78, 5) is 11.2. The number of aryl methyl sites for hydroxylation is 1. The fraction of sp³-hybridized carbons (Fsp3) is 0.143. The molecule has 0 unspecified atom stereocenters. The van der Waals surface area contributed by atoms with Crippen molar-refractivity contribution in [1.82, 2.24) is 0 Å². The summed E-state index contributed by atoms with van der Waals surface area (Å²) in [7, 11) is 1.38. The van der Waals surface area contributed by atoms with E-state index < -0.39 is 0 Å². The zero-order valence-corrected chi connectivity index (χ0v) is 14.5. The normalized spacial score (nSPS) is 10.5. The maximum Gasteiger partial charge on any atom is 0.305 e. The summed E-state index contributed by atoms with van der Waals surface area (Å²) in [5.74, 6) is 1.34. The number of esters is 1. The third-order valence-corrected chi connectivity index (χ3v) is 4.16. The first-order valence-corrected chi connectivity index (χ1v) is 8.27. The van der Waals surface area contributed by atoms with Crippen molar-refractivity contribution in [2.75, 3.05) is 7.11 Å². The minimum Gasteiger partial charge on any atom is -0.469 e. The summed E-state index contributed by atoms with van der Waals surface area (Å²) >= 11 is 0. The van der Waals surface area contributed by atoms with Crippen LogP contribution < -0.4 is 5.73 Å². The Labute approximate surface area is 151 Å². The Kier molecular flexibility index (Phi) is 5.17. The van der Waals surface area contributed by atoms with E-state index in [1.165, 1.54) is 7.11 Å². The van der Waals surface area contributed by atoms with Gasteiger partial charge in [-0.05, 0) is 23.3 Å². The van der Waals surface area contributed by atoms with E-state index in [4.69, 9.17) is 15.6 Å². The molecule has 0 radical (unpaired) electrons. The number of nitrogens with two attached hydrogens (primary N) is 1. The molecule has 3 rings (SSSR count). The maximum absolute atomic E-state index is 11.2. The fourth-order valence-electron chi connectivity index (χ4n) is 2.66. The lowest BCUT2D eigenvalue weighted by Crippen LogP contribution is -2.10. The summed E-state index contributed by atoms with van der Waals surface area (Å²) in [5.41, 5.74) is 9.29. The number of methoxy groups -OCH3 is 1. The molecule has 0 aliphatic rings. The Morgan fingerprint density at radius 1 is 0.962 bits per heavy atom. The zero-order valence-electron chi connectivity index (χ0n) is 14.5. The summed E-state index contributed by atoms with van der Waals surface area (Å²) in [6.07, 6.45) is 0.825. The molecule has 3 N–H and O–H groups in total. The summed E-state index contributed by atoms with van der Waals surface area (Å²) in [5, 5.41) is 7.44. The smallest absolute Gasteiger partial charge is 0.305 e. The number of carbonyl (C=O) groups excluding carboxylic acids is 1. The maximum atomic E-state index is 11.2. The molecule has 5 heteroatoms. The third-order valence-electron chi connectivity index (χ3n) is 4.16. The van der Waals surface area contributed by atoms with Crippen molar-refractivity contribution in [3.63, 3.8) is 0 Å². The van der Waals surface area contributed by atoms with Crippen molar-refractivity contribution in [3.05, 3.63) is 72.0 Å². The summed E-state index contributed by atoms with van der Waals surface area (Å²) in [6, 6.07) is 19.4. The highest BCUT2D eigenvalue weighted by Crippen LogP contribution is 2.27. The lowest BCUT2D eigenvalue weighted by molar-refractivity contribution is -0.140. The predicted molar refractivity (Wildman–Crippen MR) is 101 cm³/mol. The summed E-state index contributed by atoms with van der Waals surface area (Å²) < 4.78 is 10.4. The number of nitrogens with one attached hydrogen (secondary N) is 1. The van der Waals surface area contributed by atoms with E-state index >= 15 is 0 Å². The zero-order chi connectivity index (χ0) is 18.5. The summed E-state index contributed by atoms with van der Waals surface area (Å²) in [6.45, 7) is 0. The van der Waals surface area contributed by atoms with E-state index in [1.54, 1.807) is 0 Å². The van der Waals surface area contributed by atoms with Gasteiger partial charge in [0.05, 0.1) is 13.5 Å². The molecule has 0 saturated carbocycles. The van der Waals surface area contributed by atoms with E-state index in [2.05, 4.69) is 4.74 Å². The van der Waals surface area contributed by atoms with Gasteiger partial charge in [0, 0.05) is 17.5 Å². The Morgan fingerprint density at radius 3 is 2.12 bits per heavy atom. The quantitative estimate of drug-likeness (QED) is 0.400. The molecule has 0 atom stereocenters. The highest BCUT2D eigenvalue weighted by molar-refractivity contribution is 5.95. The third kappa shape index (κ3) is 4.00. The molecule has 0 saturated heterocycles. The lowest BCUT2D eigenvalue weighted by Gasteiger charge is -2.05. The van der Waals surface area contributed by atoms with Crippen molar-refractivity contribution in [2.45, 2.75) is 12.8 Å². The van der Waals surface area contributed by atoms with E-state index in [0.29, 0.717) is 18.4 Å². The van der Waals surface area contributed by atoms with Gasteiger partial charge >= 0.3 is 5.97 Å². The number of ether oxygens (including phenoxy) is 1. The Morgan fingerprint density at radius 2 is 1.54 bits per heavy atom. The Balaban J connectivity index is 1.72. The van der Waals surface area contributed by atoms with Gasteiger partial charge in [0.15, 0.2) is 0 Å². The molecule has 132 valence electrons. The molecule has 2 aromatic carbocycles. The largest absolute Gasteiger partial charge is 0.469 e. The van der Waals surface area contributed by atoms with Crippen LogP contribution in [0.25, 0.3) is 22.5 Å². The first-order valence-electron chi connectivity index (χ1n) is 8.27. The molecule has 0 aliphatic heterocycles. The second-order valence-corrected chi connectivity index (χ2v) is 5.91. The van der Waals surface area contributed by atoms with Gasteiger partial charge in [0.1, 0.15) is 17.4 Å². The van der Waals surface area contributed by atoms with Crippen molar-refractivity contribution in [1.29, 1.82) is 5.41 Å². The number of hydrogen-bond acceptors (Lipinski definition) is 4. The first kappa shape index (κ1) is 17.5. The van der Waals surface area contributed by atoms with Crippen LogP contribution in [-0.2, 0) is 16.0 Å². The second-order valence-electron chi connectivity index (χ2n) is 5.91. The molecule has 26 heavy (non-hydrogen) atoms. The van der Waals surface area contributed by atoms with Crippen LogP contribution in [0.2, 0.25) is 0 Å². The van der Waals surface area contributed by atoms with E-state index in [9.17, 15) is 4.79 Å². The van der Waals surface area contributed by atoms with Gasteiger partial charge in [-0.25, -0.2) is 0 Å². The molecule has 0 amide bonds. The lowest BCUT2D eigenvalue weighted by atomic mass is 10.0. The molecule has 0 spiro atoms. The molecular formula is C21H20N2O3. The molecule has 1 heterocycles. The van der Waals surface area contributed by atoms with Crippen molar-refractivity contribution < 1.29 is 13.9 Å². The van der Waals surface area contributed by atoms with Crippen LogP contribution in [0.3, 0.4) is 0 Å². The number of carbonyl (C=O) groups is 1. The van der Waals surface area contributed by atoms with E-state index in [-0.39, 0.29) is 11.8 Å². The van der Waals surface area contributed by atoms with Crippen molar-refractivity contribution in [3.8, 4) is 22.5 Å². The molecule has 0 bridgehead atoms. The predicted octanol–water partition coefficient (Wildman–Crippen LogP) is 4.00. The van der Waals surface area contributed by atoms with Crippen LogP contribution in [0.1, 0.15) is 17.7 Å². The van der Waals surface area contributed by atoms with Crippen LogP contribution in [0.15, 0.2) is 65.1 Å². The number of rotatable bonds is 6. The van der Waals surface area contributed by atoms with Crippen LogP contribution in [0.4, 0.5) is 0 Å². The standard InChI is InChI=1S/C21H20N2O3/c1-25-20(24)13-11-18-10-12-19(26-18)16-6-2-14(3-7-16)15-4-8-17(9-5-15)21(22)23/h2-10,12H,11,13H2,1H3,(H3,22,23). The topological polar surface area (TPSA) is 89.3 Å². The highest BCUT2D eigenvalue weighted by atomic mass is 16.5. The highest BCUT2D eigenvalue weighted by Gasteiger charge is 2.08. The van der Waals surface area contributed by atoms with Crippen LogP contribution in [0, 0.1) is 5.41 Å². The average molecular weight is 348 g/mol. The van der Waals surface area contributed by atoms with Crippen molar-refractivity contribution >= 4 is 11.8 Å². The average Bonchev–Trinajstić information content (AvgIpc) is 3.15. The SMILES string of the molecule is COC(=O)CCc1ccc(-c2ccc(-c3ccc(C(=N)N)cc3)cc2)o1. The molecule has 0 fully saturated rings. The van der Waals surface area contributed by atoms with Gasteiger partial charge in [-0.1, -0.05) is 48.5 Å². The van der Waals surface area contributed by atoms with E-state index in [1.807, 2.05) is 60.7 Å². The van der Waals surface area contributed by atoms with Crippen LogP contribution in [0.5, 0.6) is 0 Å². The molecule has 3 aromatic rings. The van der Waals surface area contributed by atoms with Crippen LogP contribution >= 0.6 is 0 Å². The minimum atomic E-state index is -0.247. The molecule has 0 aliphatic carbocycles. The number of hydrogen-bond donors (Lipinski definition) is 2. The minimum absolute atomic E-state index is 0.0627. The first-order chi connectivity index (χ1) is 12.6. The monoisotopic (exact) mass is 348 g/mol. The Bertz CT molecular complexity index is 909. The number of amidine groups is 1. The second kappa shape index (κ2) is 7.70. The van der Waals surface area contributed by atoms with Gasteiger partial charge in [-0.2, -0.15) is 0 Å². The molecule has 5 nitrogen and oxygen atoms in total. The number of furan rings is 1. The van der Waals surface area contributed by atoms with E-state index in [0.717, 1.165) is 28.2 Å². The van der Waals surface area contributed by atoms with Gasteiger partial charge in [0.25, 0.3) is 0 Å². The van der Waals surface area contributed by atoms with Gasteiger partial charge in [-0.15, -0.1) is 0 Å². The van der Waals surface area contributed by atoms with Gasteiger partial charge in [0.2, 0.25) is 0 Å². The fourth-order valence-corrected chi connectivity index (χ4v) is 2.66. The van der Waals surface area contributed by atoms with Gasteiger partial charge < -0.3 is 14.9 Å². The van der Waals surface area contributed by atoms with Crippen molar-refractivity contribution in [2.24, 2.45) is 5.73 Å². The number of benzene rings is 2. The number of nitrogen functional groups attached to an aromatic ring is 1. The van der Waals surface area contributed by atoms with Gasteiger partial charge in [-0.3, -0.25) is 10.2 Å². The van der Waals surface area contributed by atoms with Crippen LogP contribution in [-0.4, -0.2) is 18.9 Å². The Hall–Kier alpha value is -3.34.